The first kappa shape index (κ1) is 18.9. The molecule has 0 fully saturated rings. The van der Waals surface area contributed by atoms with E-state index < -0.39 is 10.0 Å². The Bertz CT molecular complexity index is 1020. The molecule has 3 N–H and O–H groups in total. The third-order valence-corrected chi connectivity index (χ3v) is 5.00. The van der Waals surface area contributed by atoms with Crippen molar-refractivity contribution >= 4 is 15.7 Å². The number of hydrogen-bond donors (Lipinski definition) is 2. The van der Waals surface area contributed by atoms with E-state index in [1.54, 1.807) is 12.1 Å². The summed E-state index contributed by atoms with van der Waals surface area (Å²) in [4.78, 5) is 0.0968. The van der Waals surface area contributed by atoms with Gasteiger partial charge in [0.25, 0.3) is 0 Å². The Balaban J connectivity index is 1.59. The van der Waals surface area contributed by atoms with Crippen molar-refractivity contribution in [2.24, 2.45) is 5.14 Å². The lowest BCUT2D eigenvalue weighted by Gasteiger charge is -2.10. The average Bonchev–Trinajstić information content (AvgIpc) is 2.65. The van der Waals surface area contributed by atoms with Crippen molar-refractivity contribution in [1.29, 1.82) is 0 Å². The van der Waals surface area contributed by atoms with E-state index in [1.165, 1.54) is 17.7 Å². The van der Waals surface area contributed by atoms with E-state index >= 15 is 0 Å². The summed E-state index contributed by atoms with van der Waals surface area (Å²) in [5, 5.41) is 8.36. The molecule has 0 spiro atoms. The molecule has 0 atom stereocenters. The zero-order chi connectivity index (χ0) is 19.3. The van der Waals surface area contributed by atoms with E-state index in [4.69, 9.17) is 9.88 Å². The fraction of sp³-hybridized carbons (Fsp3) is 0.143. The number of nitrogens with two attached hydrogens (primary N) is 1. The summed E-state index contributed by atoms with van der Waals surface area (Å²) < 4.78 is 28.5. The molecule has 0 amide bonds. The monoisotopic (exact) mass is 382 g/mol. The Morgan fingerprint density at radius 2 is 1.63 bits per heavy atom. The minimum absolute atomic E-state index is 0.0968. The standard InChI is InChI=1S/C21H22N2O3S/c1-16-4-2-6-18(12-16)15-26-20-7-3-5-17(13-20)14-23-19-8-10-21(11-9-19)27(22,24)25/h2-13,23H,14-15H2,1H3,(H2,22,24,25). The molecule has 6 heteroatoms. The minimum Gasteiger partial charge on any atom is -0.489 e. The molecule has 0 saturated carbocycles. The highest BCUT2D eigenvalue weighted by Crippen LogP contribution is 2.18. The molecule has 0 aromatic heterocycles. The van der Waals surface area contributed by atoms with Crippen LogP contribution in [0.15, 0.2) is 77.7 Å². The Morgan fingerprint density at radius 3 is 2.33 bits per heavy atom. The molecule has 0 aliphatic rings. The maximum Gasteiger partial charge on any atom is 0.238 e. The van der Waals surface area contributed by atoms with Crippen molar-refractivity contribution in [2.45, 2.75) is 25.0 Å². The summed E-state index contributed by atoms with van der Waals surface area (Å²) in [6.07, 6.45) is 0. The second-order valence-corrected chi connectivity index (χ2v) is 7.91. The number of nitrogens with one attached hydrogen (secondary N) is 1. The Labute approximate surface area is 159 Å². The third kappa shape index (κ3) is 5.57. The van der Waals surface area contributed by atoms with Crippen LogP contribution >= 0.6 is 0 Å². The molecule has 3 aromatic carbocycles. The maximum absolute atomic E-state index is 11.3. The van der Waals surface area contributed by atoms with Gasteiger partial charge in [0, 0.05) is 12.2 Å². The SMILES string of the molecule is Cc1cccc(COc2cccc(CNc3ccc(S(N)(=O)=O)cc3)c2)c1. The largest absolute Gasteiger partial charge is 0.489 e. The topological polar surface area (TPSA) is 81.4 Å². The van der Waals surface area contributed by atoms with Crippen LogP contribution in [-0.4, -0.2) is 8.42 Å². The van der Waals surface area contributed by atoms with Gasteiger partial charge in [-0.3, -0.25) is 0 Å². The first-order chi connectivity index (χ1) is 12.9. The first-order valence-electron chi connectivity index (χ1n) is 8.54. The van der Waals surface area contributed by atoms with E-state index in [0.717, 1.165) is 22.6 Å². The molecular formula is C21H22N2O3S. The summed E-state index contributed by atoms with van der Waals surface area (Å²) in [6.45, 7) is 3.18. The van der Waals surface area contributed by atoms with Gasteiger partial charge in [-0.2, -0.15) is 0 Å². The zero-order valence-electron chi connectivity index (χ0n) is 15.1. The number of rotatable bonds is 7. The van der Waals surface area contributed by atoms with Gasteiger partial charge in [-0.05, 0) is 54.4 Å². The van der Waals surface area contributed by atoms with Gasteiger partial charge in [0.05, 0.1) is 4.90 Å². The van der Waals surface area contributed by atoms with Gasteiger partial charge in [0.15, 0.2) is 0 Å². The molecule has 27 heavy (non-hydrogen) atoms. The van der Waals surface area contributed by atoms with Crippen LogP contribution in [-0.2, 0) is 23.2 Å². The fourth-order valence-corrected chi connectivity index (χ4v) is 3.20. The van der Waals surface area contributed by atoms with Gasteiger partial charge in [0.1, 0.15) is 12.4 Å². The highest BCUT2D eigenvalue weighted by atomic mass is 32.2. The second-order valence-electron chi connectivity index (χ2n) is 6.35. The fourth-order valence-electron chi connectivity index (χ4n) is 2.68. The van der Waals surface area contributed by atoms with Crippen LogP contribution in [0.3, 0.4) is 0 Å². The molecule has 0 radical (unpaired) electrons. The van der Waals surface area contributed by atoms with Gasteiger partial charge < -0.3 is 10.1 Å². The predicted octanol–water partition coefficient (Wildman–Crippen LogP) is 3.83. The molecule has 0 bridgehead atoms. The molecule has 140 valence electrons. The van der Waals surface area contributed by atoms with E-state index in [2.05, 4.69) is 24.4 Å². The van der Waals surface area contributed by atoms with E-state index in [1.807, 2.05) is 36.4 Å². The van der Waals surface area contributed by atoms with Gasteiger partial charge in [-0.15, -0.1) is 0 Å². The van der Waals surface area contributed by atoms with Gasteiger partial charge >= 0.3 is 0 Å². The van der Waals surface area contributed by atoms with Gasteiger partial charge in [-0.25, -0.2) is 13.6 Å². The summed E-state index contributed by atoms with van der Waals surface area (Å²) in [5.41, 5.74) is 4.22. The van der Waals surface area contributed by atoms with Crippen LogP contribution in [0.25, 0.3) is 0 Å². The van der Waals surface area contributed by atoms with Crippen molar-refractivity contribution in [2.75, 3.05) is 5.32 Å². The number of hydrogen-bond acceptors (Lipinski definition) is 4. The molecule has 3 aromatic rings. The minimum atomic E-state index is -3.67. The van der Waals surface area contributed by atoms with Crippen molar-refractivity contribution in [3.63, 3.8) is 0 Å². The quantitative estimate of drug-likeness (QED) is 0.651. The number of anilines is 1. The summed E-state index contributed by atoms with van der Waals surface area (Å²) >= 11 is 0. The van der Waals surface area contributed by atoms with Gasteiger partial charge in [-0.1, -0.05) is 42.0 Å². The molecule has 0 heterocycles. The van der Waals surface area contributed by atoms with E-state index in [0.29, 0.717) is 13.2 Å². The lowest BCUT2D eigenvalue weighted by molar-refractivity contribution is 0.306. The Kier molecular flexibility index (Phi) is 5.78. The van der Waals surface area contributed by atoms with Gasteiger partial charge in [0.2, 0.25) is 10.0 Å². The van der Waals surface area contributed by atoms with Crippen molar-refractivity contribution in [1.82, 2.24) is 0 Å². The third-order valence-electron chi connectivity index (χ3n) is 4.07. The molecule has 0 aliphatic carbocycles. The lowest BCUT2D eigenvalue weighted by atomic mass is 10.1. The van der Waals surface area contributed by atoms with Crippen molar-refractivity contribution in [3.05, 3.63) is 89.5 Å². The van der Waals surface area contributed by atoms with Crippen LogP contribution in [0.2, 0.25) is 0 Å². The first-order valence-corrected chi connectivity index (χ1v) is 10.1. The van der Waals surface area contributed by atoms with Crippen LogP contribution in [0.4, 0.5) is 5.69 Å². The van der Waals surface area contributed by atoms with Crippen LogP contribution < -0.4 is 15.2 Å². The number of primary sulfonamides is 1. The van der Waals surface area contributed by atoms with Crippen LogP contribution in [0.1, 0.15) is 16.7 Å². The van der Waals surface area contributed by atoms with E-state index in [-0.39, 0.29) is 4.90 Å². The summed E-state index contributed by atoms with van der Waals surface area (Å²) in [5.74, 6) is 0.806. The average molecular weight is 382 g/mol. The van der Waals surface area contributed by atoms with Crippen molar-refractivity contribution < 1.29 is 13.2 Å². The molecule has 0 unspecified atom stereocenters. The normalized spacial score (nSPS) is 11.2. The molecule has 0 saturated heterocycles. The Morgan fingerprint density at radius 1 is 0.926 bits per heavy atom. The number of ether oxygens (including phenoxy) is 1. The summed E-state index contributed by atoms with van der Waals surface area (Å²) in [7, 11) is -3.67. The molecule has 5 nitrogen and oxygen atoms in total. The highest BCUT2D eigenvalue weighted by Gasteiger charge is 2.06. The number of aryl methyl sites for hydroxylation is 1. The predicted molar refractivity (Wildman–Crippen MR) is 107 cm³/mol. The van der Waals surface area contributed by atoms with E-state index in [9.17, 15) is 8.42 Å². The molecule has 3 rings (SSSR count). The number of sulfonamides is 1. The lowest BCUT2D eigenvalue weighted by Crippen LogP contribution is -2.12. The smallest absolute Gasteiger partial charge is 0.238 e. The zero-order valence-corrected chi connectivity index (χ0v) is 15.9. The van der Waals surface area contributed by atoms with Crippen molar-refractivity contribution in [3.8, 4) is 5.75 Å². The van der Waals surface area contributed by atoms with Crippen LogP contribution in [0.5, 0.6) is 5.75 Å². The molecule has 0 aliphatic heterocycles. The highest BCUT2D eigenvalue weighted by molar-refractivity contribution is 7.89. The second kappa shape index (κ2) is 8.24. The maximum atomic E-state index is 11.3. The van der Waals surface area contributed by atoms with Crippen LogP contribution in [0, 0.1) is 6.92 Å². The summed E-state index contributed by atoms with van der Waals surface area (Å²) in [6, 6.07) is 22.5. The molecular weight excluding hydrogens is 360 g/mol. The number of benzene rings is 3. The Hall–Kier alpha value is -2.83.